The number of rotatable bonds is 5. The predicted octanol–water partition coefficient (Wildman–Crippen LogP) is 1.37. The lowest BCUT2D eigenvalue weighted by molar-refractivity contribution is -0.134. The van der Waals surface area contributed by atoms with Crippen molar-refractivity contribution < 1.29 is 18.3 Å². The number of carboxylic acid groups (broad SMARTS) is 1. The zero-order chi connectivity index (χ0) is 13.9. The van der Waals surface area contributed by atoms with Crippen LogP contribution in [0, 0.1) is 13.8 Å². The van der Waals surface area contributed by atoms with Crippen LogP contribution in [0.2, 0.25) is 0 Å². The standard InChI is InChI=1S/C12H17NO4S/c1-8-4-5-9(2)11(6-8)10(3)13-18(16,17)7-12(14)15/h4-6,10,13H,7H2,1-3H3,(H,14,15). The monoisotopic (exact) mass is 271 g/mol. The fourth-order valence-corrected chi connectivity index (χ4v) is 2.84. The average Bonchev–Trinajstić information content (AvgIpc) is 2.18. The van der Waals surface area contributed by atoms with Gasteiger partial charge in [-0.25, -0.2) is 13.1 Å². The van der Waals surface area contributed by atoms with Crippen LogP contribution in [0.3, 0.4) is 0 Å². The van der Waals surface area contributed by atoms with Gasteiger partial charge in [-0.1, -0.05) is 23.8 Å². The molecule has 0 heterocycles. The molecule has 5 nitrogen and oxygen atoms in total. The van der Waals surface area contributed by atoms with Gasteiger partial charge in [-0.2, -0.15) is 0 Å². The summed E-state index contributed by atoms with van der Waals surface area (Å²) >= 11 is 0. The van der Waals surface area contributed by atoms with Crippen molar-refractivity contribution in [1.82, 2.24) is 4.72 Å². The summed E-state index contributed by atoms with van der Waals surface area (Å²) in [6.45, 7) is 5.50. The third-order valence-electron chi connectivity index (χ3n) is 2.57. The quantitative estimate of drug-likeness (QED) is 0.847. The summed E-state index contributed by atoms with van der Waals surface area (Å²) < 4.78 is 25.4. The van der Waals surface area contributed by atoms with E-state index in [-0.39, 0.29) is 0 Å². The van der Waals surface area contributed by atoms with Crippen LogP contribution < -0.4 is 4.72 Å². The van der Waals surface area contributed by atoms with E-state index in [1.807, 2.05) is 32.0 Å². The Bertz CT molecular complexity index is 551. The van der Waals surface area contributed by atoms with E-state index in [1.54, 1.807) is 6.92 Å². The Morgan fingerprint density at radius 3 is 2.56 bits per heavy atom. The molecule has 1 rings (SSSR count). The van der Waals surface area contributed by atoms with Gasteiger partial charge in [0.15, 0.2) is 5.75 Å². The van der Waals surface area contributed by atoms with E-state index in [0.717, 1.165) is 16.7 Å². The van der Waals surface area contributed by atoms with Crippen molar-refractivity contribution in [1.29, 1.82) is 0 Å². The predicted molar refractivity (Wildman–Crippen MR) is 68.9 cm³/mol. The number of hydrogen-bond acceptors (Lipinski definition) is 3. The second-order valence-electron chi connectivity index (χ2n) is 4.35. The van der Waals surface area contributed by atoms with Gasteiger partial charge in [-0.15, -0.1) is 0 Å². The van der Waals surface area contributed by atoms with Gasteiger partial charge in [-0.05, 0) is 31.9 Å². The maximum Gasteiger partial charge on any atom is 0.320 e. The molecule has 0 bridgehead atoms. The van der Waals surface area contributed by atoms with Gasteiger partial charge in [0.1, 0.15) is 0 Å². The number of benzene rings is 1. The zero-order valence-corrected chi connectivity index (χ0v) is 11.4. The molecule has 100 valence electrons. The van der Waals surface area contributed by atoms with Crippen molar-refractivity contribution in [2.45, 2.75) is 26.8 Å². The highest BCUT2D eigenvalue weighted by atomic mass is 32.2. The Labute approximate surface area is 107 Å². The van der Waals surface area contributed by atoms with Crippen molar-refractivity contribution in [2.24, 2.45) is 0 Å². The topological polar surface area (TPSA) is 83.5 Å². The van der Waals surface area contributed by atoms with Gasteiger partial charge in [0.05, 0.1) is 0 Å². The van der Waals surface area contributed by atoms with Gasteiger partial charge in [0, 0.05) is 6.04 Å². The maximum absolute atomic E-state index is 11.5. The van der Waals surface area contributed by atoms with Gasteiger partial charge in [0.2, 0.25) is 10.0 Å². The molecule has 6 heteroatoms. The molecule has 0 aliphatic heterocycles. The van der Waals surface area contributed by atoms with Gasteiger partial charge in [0.25, 0.3) is 0 Å². The van der Waals surface area contributed by atoms with E-state index in [0.29, 0.717) is 0 Å². The highest BCUT2D eigenvalue weighted by Crippen LogP contribution is 2.19. The van der Waals surface area contributed by atoms with Crippen LogP contribution in [-0.4, -0.2) is 25.2 Å². The van der Waals surface area contributed by atoms with E-state index < -0.39 is 27.8 Å². The lowest BCUT2D eigenvalue weighted by Gasteiger charge is -2.16. The van der Waals surface area contributed by atoms with Crippen LogP contribution in [0.25, 0.3) is 0 Å². The Morgan fingerprint density at radius 1 is 1.39 bits per heavy atom. The van der Waals surface area contributed by atoms with Crippen LogP contribution in [-0.2, 0) is 14.8 Å². The Morgan fingerprint density at radius 2 is 2.00 bits per heavy atom. The van der Waals surface area contributed by atoms with Gasteiger partial charge < -0.3 is 5.11 Å². The molecule has 0 aliphatic carbocycles. The lowest BCUT2D eigenvalue weighted by atomic mass is 10.0. The fourth-order valence-electron chi connectivity index (χ4n) is 1.76. The lowest BCUT2D eigenvalue weighted by Crippen LogP contribution is -2.32. The Kier molecular flexibility index (Phi) is 4.48. The molecule has 0 saturated carbocycles. The molecule has 0 aliphatic rings. The smallest absolute Gasteiger partial charge is 0.320 e. The summed E-state index contributed by atoms with van der Waals surface area (Å²) in [5, 5.41) is 8.51. The number of hydrogen-bond donors (Lipinski definition) is 2. The molecule has 0 fully saturated rings. The molecule has 1 unspecified atom stereocenters. The van der Waals surface area contributed by atoms with Crippen molar-refractivity contribution in [2.75, 3.05) is 5.75 Å². The van der Waals surface area contributed by atoms with Gasteiger partial charge >= 0.3 is 5.97 Å². The zero-order valence-electron chi connectivity index (χ0n) is 10.6. The van der Waals surface area contributed by atoms with Crippen molar-refractivity contribution in [3.05, 3.63) is 34.9 Å². The molecule has 0 spiro atoms. The largest absolute Gasteiger partial charge is 0.480 e. The van der Waals surface area contributed by atoms with E-state index in [1.165, 1.54) is 0 Å². The first-order valence-electron chi connectivity index (χ1n) is 5.50. The molecular formula is C12H17NO4S. The van der Waals surface area contributed by atoms with Crippen molar-refractivity contribution in [3.8, 4) is 0 Å². The molecule has 2 N–H and O–H groups in total. The number of nitrogens with one attached hydrogen (secondary N) is 1. The van der Waals surface area contributed by atoms with Crippen LogP contribution in [0.15, 0.2) is 18.2 Å². The van der Waals surface area contributed by atoms with Crippen LogP contribution in [0.5, 0.6) is 0 Å². The summed E-state index contributed by atoms with van der Waals surface area (Å²) in [4.78, 5) is 10.4. The molecule has 0 amide bonds. The molecule has 0 radical (unpaired) electrons. The van der Waals surface area contributed by atoms with E-state index >= 15 is 0 Å². The highest BCUT2D eigenvalue weighted by molar-refractivity contribution is 7.90. The highest BCUT2D eigenvalue weighted by Gasteiger charge is 2.20. The number of carbonyl (C=O) groups is 1. The average molecular weight is 271 g/mol. The Hall–Kier alpha value is -1.40. The molecule has 1 atom stereocenters. The van der Waals surface area contributed by atoms with Crippen molar-refractivity contribution in [3.63, 3.8) is 0 Å². The second-order valence-corrected chi connectivity index (χ2v) is 6.11. The number of aliphatic carboxylic acids is 1. The summed E-state index contributed by atoms with van der Waals surface area (Å²) in [7, 11) is -3.81. The molecule has 1 aromatic rings. The molecule has 0 saturated heterocycles. The molecule has 0 aromatic heterocycles. The first-order chi connectivity index (χ1) is 8.21. The van der Waals surface area contributed by atoms with Crippen LogP contribution in [0.1, 0.15) is 29.7 Å². The first-order valence-corrected chi connectivity index (χ1v) is 7.15. The fraction of sp³-hybridized carbons (Fsp3) is 0.417. The number of carboxylic acids is 1. The minimum atomic E-state index is -3.81. The van der Waals surface area contributed by atoms with E-state index in [2.05, 4.69) is 4.72 Å². The minimum absolute atomic E-state index is 0.450. The minimum Gasteiger partial charge on any atom is -0.480 e. The second kappa shape index (κ2) is 5.49. The third-order valence-corrected chi connectivity index (χ3v) is 3.91. The van der Waals surface area contributed by atoms with Crippen molar-refractivity contribution >= 4 is 16.0 Å². The SMILES string of the molecule is Cc1ccc(C)c(C(C)NS(=O)(=O)CC(=O)O)c1. The summed E-state index contributed by atoms with van der Waals surface area (Å²) in [5.74, 6) is -2.28. The molecular weight excluding hydrogens is 254 g/mol. The molecule has 1 aromatic carbocycles. The normalized spacial score (nSPS) is 13.3. The van der Waals surface area contributed by atoms with E-state index in [9.17, 15) is 13.2 Å². The molecule has 18 heavy (non-hydrogen) atoms. The Balaban J connectivity index is 2.92. The van der Waals surface area contributed by atoms with Crippen LogP contribution >= 0.6 is 0 Å². The first kappa shape index (κ1) is 14.7. The summed E-state index contributed by atoms with van der Waals surface area (Å²) in [6.07, 6.45) is 0. The van der Waals surface area contributed by atoms with Gasteiger partial charge in [-0.3, -0.25) is 4.79 Å². The van der Waals surface area contributed by atoms with Crippen LogP contribution in [0.4, 0.5) is 0 Å². The summed E-state index contributed by atoms with van der Waals surface area (Å²) in [5.41, 5.74) is 2.84. The maximum atomic E-state index is 11.5. The number of aryl methyl sites for hydroxylation is 2. The van der Waals surface area contributed by atoms with E-state index in [4.69, 9.17) is 5.11 Å². The third kappa shape index (κ3) is 4.12. The number of sulfonamides is 1. The summed E-state index contributed by atoms with van der Waals surface area (Å²) in [6, 6.07) is 5.29.